The topological polar surface area (TPSA) is 3.24 Å². The zero-order valence-electron chi connectivity index (χ0n) is 40.4. The van der Waals surface area contributed by atoms with E-state index >= 15 is 0 Å². The summed E-state index contributed by atoms with van der Waals surface area (Å²) in [6, 6.07) is 47.6. The van der Waals surface area contributed by atoms with Crippen LogP contribution < -0.4 is 4.90 Å². The average molecular weight is 874 g/mol. The minimum Gasteiger partial charge on any atom is -0.311 e. The van der Waals surface area contributed by atoms with E-state index in [2.05, 4.69) is 281 Å². The minimum atomic E-state index is 0.963. The molecule has 5 rings (SSSR count). The molecule has 0 heterocycles. The van der Waals surface area contributed by atoms with E-state index in [1.54, 1.807) is 0 Å². The summed E-state index contributed by atoms with van der Waals surface area (Å²) in [6.07, 6.45) is 46.6. The maximum atomic E-state index is 3.81. The van der Waals surface area contributed by atoms with Gasteiger partial charge in [-0.2, -0.15) is 0 Å². The Labute approximate surface area is 403 Å². The first-order chi connectivity index (χ1) is 32.8. The SMILES string of the molecule is C=C/C=C\CCC(=CC=Cc1ccc(N(c2ccc(C=CC=C(/C(C)=C/C=C\C)c3ccccc3)cc2)c2ccc(C=CC=C(/C(C)=C/C=C\C)c3ccccc3)cc2)cc1)/C(C)=C/C=C\C. The summed E-state index contributed by atoms with van der Waals surface area (Å²) < 4.78 is 0. The van der Waals surface area contributed by atoms with Gasteiger partial charge in [0.1, 0.15) is 0 Å². The highest BCUT2D eigenvalue weighted by molar-refractivity contribution is 5.83. The lowest BCUT2D eigenvalue weighted by molar-refractivity contribution is 0.985. The van der Waals surface area contributed by atoms with Crippen molar-refractivity contribution in [3.05, 3.63) is 300 Å². The summed E-state index contributed by atoms with van der Waals surface area (Å²) in [5.41, 5.74) is 16.4. The van der Waals surface area contributed by atoms with Gasteiger partial charge in [0.15, 0.2) is 0 Å². The maximum absolute atomic E-state index is 3.81. The Balaban J connectivity index is 1.47. The van der Waals surface area contributed by atoms with Crippen LogP contribution in [-0.2, 0) is 0 Å². The highest BCUT2D eigenvalue weighted by Crippen LogP contribution is 2.35. The van der Waals surface area contributed by atoms with Gasteiger partial charge in [-0.1, -0.05) is 231 Å². The highest BCUT2D eigenvalue weighted by atomic mass is 15.1. The zero-order valence-corrected chi connectivity index (χ0v) is 40.4. The normalized spacial score (nSPS) is 13.8. The molecule has 0 atom stereocenters. The van der Waals surface area contributed by atoms with Crippen LogP contribution in [-0.4, -0.2) is 0 Å². The third kappa shape index (κ3) is 16.3. The molecule has 0 fully saturated rings. The van der Waals surface area contributed by atoms with Gasteiger partial charge in [0, 0.05) is 17.1 Å². The number of nitrogens with zero attached hydrogens (tertiary/aromatic N) is 1. The van der Waals surface area contributed by atoms with Crippen molar-refractivity contribution in [3.8, 4) is 0 Å². The molecule has 0 aliphatic rings. The number of benzene rings is 5. The summed E-state index contributed by atoms with van der Waals surface area (Å²) in [5, 5.41) is 0. The van der Waals surface area contributed by atoms with Crippen molar-refractivity contribution < 1.29 is 0 Å². The number of hydrogen-bond acceptors (Lipinski definition) is 1. The molecule has 0 saturated carbocycles. The van der Waals surface area contributed by atoms with Crippen LogP contribution in [0.3, 0.4) is 0 Å². The van der Waals surface area contributed by atoms with Gasteiger partial charge < -0.3 is 4.90 Å². The van der Waals surface area contributed by atoms with E-state index in [9.17, 15) is 0 Å². The lowest BCUT2D eigenvalue weighted by atomic mass is 9.98. The molecule has 5 aromatic rings. The molecule has 0 aromatic heterocycles. The van der Waals surface area contributed by atoms with E-state index < -0.39 is 0 Å². The van der Waals surface area contributed by atoms with Gasteiger partial charge in [0.05, 0.1) is 0 Å². The van der Waals surface area contributed by atoms with E-state index in [1.165, 1.54) is 44.6 Å². The molecular formula is C66H67N. The molecule has 1 heteroatoms. The Morgan fingerprint density at radius 1 is 0.418 bits per heavy atom. The van der Waals surface area contributed by atoms with Crippen LogP contribution in [0.1, 0.15) is 82.2 Å². The van der Waals surface area contributed by atoms with Gasteiger partial charge in [-0.05, 0) is 152 Å². The summed E-state index contributed by atoms with van der Waals surface area (Å²) in [6.45, 7) is 16.5. The summed E-state index contributed by atoms with van der Waals surface area (Å²) in [7, 11) is 0. The third-order valence-electron chi connectivity index (χ3n) is 11.1. The number of hydrogen-bond donors (Lipinski definition) is 0. The molecule has 1 nitrogen and oxygen atoms in total. The van der Waals surface area contributed by atoms with Crippen LogP contribution in [0.15, 0.2) is 272 Å². The predicted octanol–water partition coefficient (Wildman–Crippen LogP) is 19.4. The predicted molar refractivity (Wildman–Crippen MR) is 299 cm³/mol. The molecule has 0 bridgehead atoms. The van der Waals surface area contributed by atoms with Gasteiger partial charge >= 0.3 is 0 Å². The first-order valence-corrected chi connectivity index (χ1v) is 23.4. The molecule has 336 valence electrons. The van der Waals surface area contributed by atoms with E-state index in [4.69, 9.17) is 0 Å². The largest absolute Gasteiger partial charge is 0.311 e. The van der Waals surface area contributed by atoms with E-state index in [0.29, 0.717) is 0 Å². The average Bonchev–Trinajstić information content (AvgIpc) is 3.37. The van der Waals surface area contributed by atoms with E-state index in [0.717, 1.165) is 46.6 Å². The Bertz CT molecular complexity index is 2590. The van der Waals surface area contributed by atoms with Crippen LogP contribution in [0.4, 0.5) is 17.1 Å². The Morgan fingerprint density at radius 3 is 1.16 bits per heavy atom. The quantitative estimate of drug-likeness (QED) is 0.0664. The van der Waals surface area contributed by atoms with Crippen molar-refractivity contribution in [1.82, 2.24) is 0 Å². The summed E-state index contributed by atoms with van der Waals surface area (Å²) in [4.78, 5) is 2.32. The molecule has 0 radical (unpaired) electrons. The van der Waals surface area contributed by atoms with Crippen molar-refractivity contribution >= 4 is 46.4 Å². The van der Waals surface area contributed by atoms with Crippen LogP contribution in [0.25, 0.3) is 29.4 Å². The number of allylic oxidation sites excluding steroid dienone is 24. The van der Waals surface area contributed by atoms with Crippen LogP contribution in [0.2, 0.25) is 0 Å². The summed E-state index contributed by atoms with van der Waals surface area (Å²) >= 11 is 0. The lowest BCUT2D eigenvalue weighted by Gasteiger charge is -2.26. The molecule has 0 unspecified atom stereocenters. The fourth-order valence-electron chi connectivity index (χ4n) is 7.43. The van der Waals surface area contributed by atoms with Gasteiger partial charge in [0.2, 0.25) is 0 Å². The molecular weight excluding hydrogens is 807 g/mol. The minimum absolute atomic E-state index is 0.963. The molecule has 0 amide bonds. The molecule has 5 aromatic carbocycles. The fourth-order valence-corrected chi connectivity index (χ4v) is 7.43. The Kier molecular flexibility index (Phi) is 21.2. The smallest absolute Gasteiger partial charge is 0.0462 e. The second kappa shape index (κ2) is 28.2. The van der Waals surface area contributed by atoms with Crippen LogP contribution in [0, 0.1) is 0 Å². The van der Waals surface area contributed by atoms with Crippen molar-refractivity contribution in [3.63, 3.8) is 0 Å². The van der Waals surface area contributed by atoms with Crippen molar-refractivity contribution in [1.29, 1.82) is 0 Å². The molecule has 0 N–H and O–H groups in total. The molecule has 0 spiro atoms. The highest BCUT2D eigenvalue weighted by Gasteiger charge is 2.13. The fraction of sp³-hybridized carbons (Fsp3) is 0.121. The van der Waals surface area contributed by atoms with Gasteiger partial charge in [0.25, 0.3) is 0 Å². The van der Waals surface area contributed by atoms with Crippen molar-refractivity contribution in [2.75, 3.05) is 4.90 Å². The standard InChI is InChI=1S/C66H67N/c1-8-12-16-19-33-59(53(5)27-13-9-2)38-24-30-56-41-47-62(48-42-56)67(63-49-43-57(44-50-63)31-25-39-65(54(6)28-14-10-3)60-34-20-17-21-35-60)64-51-45-58(46-52-64)32-26-40-66(55(7)29-15-11-4)61-36-22-18-23-37-61/h8-18,20-32,34-52H,1,19,33H2,2-7H3/b13-9-,14-10-,15-11-,16-12-,30-24?,31-25?,32-26?,53-27+,54-28+,55-29+,59-38?,65-39?,66-40?. The summed E-state index contributed by atoms with van der Waals surface area (Å²) in [5.74, 6) is 0. The monoisotopic (exact) mass is 874 g/mol. The van der Waals surface area contributed by atoms with Gasteiger partial charge in [-0.15, -0.1) is 0 Å². The number of anilines is 3. The maximum Gasteiger partial charge on any atom is 0.0462 e. The third-order valence-corrected chi connectivity index (χ3v) is 11.1. The Morgan fingerprint density at radius 2 is 0.791 bits per heavy atom. The van der Waals surface area contributed by atoms with Crippen molar-refractivity contribution in [2.45, 2.75) is 54.4 Å². The Hall–Kier alpha value is -7.74. The zero-order chi connectivity index (χ0) is 47.5. The first kappa shape index (κ1) is 50.3. The first-order valence-electron chi connectivity index (χ1n) is 23.4. The van der Waals surface area contributed by atoms with Crippen LogP contribution >= 0.6 is 0 Å². The second-order valence-electron chi connectivity index (χ2n) is 16.1. The molecule has 67 heavy (non-hydrogen) atoms. The van der Waals surface area contributed by atoms with Gasteiger partial charge in [-0.3, -0.25) is 0 Å². The molecule has 0 saturated heterocycles. The van der Waals surface area contributed by atoms with Gasteiger partial charge in [-0.25, -0.2) is 0 Å². The van der Waals surface area contributed by atoms with Crippen LogP contribution in [0.5, 0.6) is 0 Å². The second-order valence-corrected chi connectivity index (χ2v) is 16.1. The number of rotatable bonds is 21. The van der Waals surface area contributed by atoms with Crippen molar-refractivity contribution in [2.24, 2.45) is 0 Å². The van der Waals surface area contributed by atoms with E-state index in [1.807, 2.05) is 32.9 Å². The lowest BCUT2D eigenvalue weighted by Crippen LogP contribution is -2.09. The molecule has 0 aliphatic heterocycles. The molecule has 0 aliphatic carbocycles. The van der Waals surface area contributed by atoms with E-state index in [-0.39, 0.29) is 0 Å².